The van der Waals surface area contributed by atoms with Crippen LogP contribution >= 0.6 is 0 Å². The number of ether oxygens (including phenoxy) is 11. The minimum absolute atomic E-state index is 0.282. The molecule has 0 unspecified atom stereocenters. The van der Waals surface area contributed by atoms with Gasteiger partial charge < -0.3 is 34.7 Å². The summed E-state index contributed by atoms with van der Waals surface area (Å²) >= 11 is 1.06. The van der Waals surface area contributed by atoms with E-state index < -0.39 is 0 Å². The molecule has 0 aromatic heterocycles. The molecule has 1 amide bonds. The van der Waals surface area contributed by atoms with Gasteiger partial charge in [0.15, 0.2) is 0 Å². The van der Waals surface area contributed by atoms with Crippen LogP contribution in [-0.4, -0.2) is 217 Å². The SMILES string of the molecule is NCCOCCOCCOCCNC(=O)c1cc(OCCOCCOCCOCC[O][Tl])cc(OCCOCCOCCOCC[O][Tl])c1. The van der Waals surface area contributed by atoms with Crippen LogP contribution in [0.25, 0.3) is 0 Å². The van der Waals surface area contributed by atoms with Crippen molar-refractivity contribution in [2.24, 2.45) is 5.73 Å². The zero-order valence-electron chi connectivity index (χ0n) is 28.7. The quantitative estimate of drug-likeness (QED) is 0.0640. The Bertz CT molecular complexity index is 835. The van der Waals surface area contributed by atoms with Crippen molar-refractivity contribution < 1.29 is 62.3 Å². The van der Waals surface area contributed by atoms with E-state index in [1.807, 2.05) is 0 Å². The summed E-state index contributed by atoms with van der Waals surface area (Å²) in [6.07, 6.45) is 0. The number of nitrogens with two attached hydrogens (primary N) is 1. The van der Waals surface area contributed by atoms with Gasteiger partial charge in [-0.25, -0.2) is 0 Å². The first-order chi connectivity index (χ1) is 24.2. The number of rotatable bonds is 38. The summed E-state index contributed by atoms with van der Waals surface area (Å²) < 4.78 is 71.0. The molecule has 1 aromatic rings. The maximum atomic E-state index is 12.9. The van der Waals surface area contributed by atoms with Crippen molar-refractivity contribution in [3.8, 4) is 11.5 Å². The zero-order chi connectivity index (χ0) is 35.3. The van der Waals surface area contributed by atoms with Crippen LogP contribution in [0.15, 0.2) is 18.2 Å². The van der Waals surface area contributed by atoms with Gasteiger partial charge in [-0.05, 0) is 12.1 Å². The maximum absolute atomic E-state index is 12.9. The van der Waals surface area contributed by atoms with Crippen LogP contribution in [0.1, 0.15) is 10.4 Å². The van der Waals surface area contributed by atoms with Crippen molar-refractivity contribution in [2.75, 3.05) is 158 Å². The average Bonchev–Trinajstić information content (AvgIpc) is 3.11. The molecule has 0 spiro atoms. The Morgan fingerprint density at radius 2 is 0.796 bits per heavy atom. The van der Waals surface area contributed by atoms with Gasteiger partial charge in [0.25, 0.3) is 5.91 Å². The maximum Gasteiger partial charge on any atom is -0.00690 e. The number of benzene rings is 1. The molecule has 16 nitrogen and oxygen atoms in total. The Labute approximate surface area is 323 Å². The summed E-state index contributed by atoms with van der Waals surface area (Å²) in [4.78, 5) is 12.9. The molecule has 0 bridgehead atoms. The monoisotopic (exact) mass is 1090 g/mol. The molecule has 278 valence electrons. The van der Waals surface area contributed by atoms with Crippen molar-refractivity contribution in [1.82, 2.24) is 5.32 Å². The van der Waals surface area contributed by atoms with Gasteiger partial charge in [0.05, 0.1) is 39.6 Å². The van der Waals surface area contributed by atoms with Crippen LogP contribution in [0.2, 0.25) is 0 Å². The van der Waals surface area contributed by atoms with Gasteiger partial charge >= 0.3 is 192 Å². The predicted molar refractivity (Wildman–Crippen MR) is 180 cm³/mol. The van der Waals surface area contributed by atoms with E-state index in [-0.39, 0.29) is 19.1 Å². The molecule has 0 atom stereocenters. The largest absolute Gasteiger partial charge is 0.00690 e. The molecule has 18 heteroatoms. The second kappa shape index (κ2) is 37.4. The normalized spacial score (nSPS) is 11.2. The summed E-state index contributed by atoms with van der Waals surface area (Å²) in [7, 11) is 0. The first-order valence-corrected chi connectivity index (χ1v) is 20.1. The summed E-state index contributed by atoms with van der Waals surface area (Å²) in [5.41, 5.74) is 5.76. The van der Waals surface area contributed by atoms with E-state index in [0.29, 0.717) is 215 Å². The third-order valence-corrected chi connectivity index (χ3v) is 7.68. The van der Waals surface area contributed by atoms with Crippen molar-refractivity contribution in [3.63, 3.8) is 0 Å². The molecule has 0 saturated heterocycles. The van der Waals surface area contributed by atoms with Gasteiger partial charge in [-0.15, -0.1) is 0 Å². The van der Waals surface area contributed by atoms with Crippen LogP contribution < -0.4 is 20.5 Å². The zero-order valence-corrected chi connectivity index (χ0v) is 37.6. The Hall–Kier alpha value is -0.346. The third kappa shape index (κ3) is 30.9. The molecule has 0 radical (unpaired) electrons. The van der Waals surface area contributed by atoms with E-state index in [2.05, 4.69) is 5.32 Å². The third-order valence-electron chi connectivity index (χ3n) is 5.85. The topological polar surface area (TPSA) is 175 Å². The fourth-order valence-corrected chi connectivity index (χ4v) is 4.32. The van der Waals surface area contributed by atoms with E-state index in [1.54, 1.807) is 18.2 Å². The Kier molecular flexibility index (Phi) is 35.6. The molecule has 49 heavy (non-hydrogen) atoms. The fraction of sp³-hybridized carbons (Fsp3) is 0.774. The van der Waals surface area contributed by atoms with Crippen LogP contribution in [0.5, 0.6) is 11.5 Å². The smallest absolute Gasteiger partial charge is 0.00690 e. The molecule has 0 fully saturated rings. The van der Waals surface area contributed by atoms with E-state index in [9.17, 15) is 4.79 Å². The van der Waals surface area contributed by atoms with Gasteiger partial charge in [0.2, 0.25) is 0 Å². The van der Waals surface area contributed by atoms with Gasteiger partial charge in [0, 0.05) is 24.7 Å². The second-order valence-corrected chi connectivity index (χ2v) is 12.3. The number of amides is 1. The van der Waals surface area contributed by atoms with E-state index in [0.717, 1.165) is 0 Å². The average molecular weight is 1090 g/mol. The second-order valence-electron chi connectivity index (χ2n) is 9.69. The number of hydrogen-bond acceptors (Lipinski definition) is 15. The molecule has 0 aliphatic carbocycles. The summed E-state index contributed by atoms with van der Waals surface area (Å²) in [6, 6.07) is 5.05. The number of hydrogen-bond donors (Lipinski definition) is 2. The fourth-order valence-electron chi connectivity index (χ4n) is 3.57. The minimum Gasteiger partial charge on any atom is -0.00690 e. The Balaban J connectivity index is 2.40. The molecular weight excluding hydrogens is 1030 g/mol. The van der Waals surface area contributed by atoms with E-state index in [1.165, 1.54) is 0 Å². The summed E-state index contributed by atoms with van der Waals surface area (Å²) in [6.45, 7) is 11.0. The molecule has 3 N–H and O–H groups in total. The van der Waals surface area contributed by atoms with Gasteiger partial charge in [-0.1, -0.05) is 0 Å². The van der Waals surface area contributed by atoms with Gasteiger partial charge in [0.1, 0.15) is 11.5 Å². The first-order valence-electron chi connectivity index (χ1n) is 16.4. The van der Waals surface area contributed by atoms with E-state index in [4.69, 9.17) is 63.2 Å². The van der Waals surface area contributed by atoms with Crippen molar-refractivity contribution in [1.29, 1.82) is 0 Å². The van der Waals surface area contributed by atoms with Gasteiger partial charge in [-0.3, -0.25) is 4.79 Å². The van der Waals surface area contributed by atoms with Crippen LogP contribution in [-0.2, 0) is 48.0 Å². The van der Waals surface area contributed by atoms with E-state index >= 15 is 0 Å². The number of nitrogens with one attached hydrogen (secondary N) is 1. The van der Waals surface area contributed by atoms with Crippen molar-refractivity contribution in [2.45, 2.75) is 0 Å². The van der Waals surface area contributed by atoms with Crippen molar-refractivity contribution in [3.05, 3.63) is 23.8 Å². The Morgan fingerprint density at radius 3 is 1.16 bits per heavy atom. The summed E-state index contributed by atoms with van der Waals surface area (Å²) in [5.74, 6) is 0.676. The molecule has 0 aliphatic rings. The molecule has 1 rings (SSSR count). The molecule has 1 aromatic carbocycles. The molecule has 0 heterocycles. The molecule has 0 saturated carbocycles. The first kappa shape index (κ1) is 46.7. The van der Waals surface area contributed by atoms with Crippen LogP contribution in [0, 0.1) is 0 Å². The Morgan fingerprint density at radius 1 is 0.469 bits per heavy atom. The number of carbonyl (C=O) groups is 1. The number of carbonyl (C=O) groups excluding carboxylic acids is 1. The van der Waals surface area contributed by atoms with Crippen LogP contribution in [0.3, 0.4) is 0 Å². The predicted octanol–water partition coefficient (Wildman–Crippen LogP) is -0.518. The molecular formula is C31H54N2O14Tl2. The van der Waals surface area contributed by atoms with Crippen LogP contribution in [0.4, 0.5) is 0 Å². The van der Waals surface area contributed by atoms with Crippen molar-refractivity contribution >= 4 is 58.3 Å². The minimum atomic E-state index is -0.282. The standard InChI is InChI=1S/C31H54N2O14.2Tl/c32-1-5-37-9-13-41-14-10-38-6-2-33-31(36)28-25-29(46-23-21-44-19-17-42-15-11-39-7-3-34)27-30(26-28)47-24-22-45-20-18-43-16-12-40-8-4-35;;/h25-27H,1-24,32H2,(H,33,36);;/q-2;2*+1. The van der Waals surface area contributed by atoms with Gasteiger partial charge in [-0.2, -0.15) is 0 Å². The summed E-state index contributed by atoms with van der Waals surface area (Å²) in [5, 5.41) is 2.86. The molecule has 0 aliphatic heterocycles.